The average molecular weight is 609 g/mol. The zero-order valence-electron chi connectivity index (χ0n) is 25.8. The summed E-state index contributed by atoms with van der Waals surface area (Å²) in [6.07, 6.45) is 2.91. The van der Waals surface area contributed by atoms with E-state index < -0.39 is 72.1 Å². The summed E-state index contributed by atoms with van der Waals surface area (Å²) in [6.45, 7) is 11.1. The molecular formula is C28H48N8O7. The average Bonchev–Trinajstić information content (AvgIpc) is 3.38. The van der Waals surface area contributed by atoms with Gasteiger partial charge < -0.3 is 42.8 Å². The molecule has 0 radical (unpaired) electrons. The number of imidazole rings is 1. The second-order valence-corrected chi connectivity index (χ2v) is 12.0. The molecule has 0 unspecified atom stereocenters. The Labute approximate surface area is 252 Å². The minimum absolute atomic E-state index is 0.0118. The highest BCUT2D eigenvalue weighted by atomic mass is 16.4. The Morgan fingerprint density at radius 1 is 0.744 bits per heavy atom. The molecule has 0 bridgehead atoms. The van der Waals surface area contributed by atoms with Gasteiger partial charge in [0.1, 0.15) is 24.2 Å². The number of rotatable bonds is 19. The van der Waals surface area contributed by atoms with Gasteiger partial charge in [-0.3, -0.25) is 24.0 Å². The molecule has 1 aromatic heterocycles. The van der Waals surface area contributed by atoms with Crippen LogP contribution >= 0.6 is 0 Å². The first kappa shape index (κ1) is 37.0. The van der Waals surface area contributed by atoms with Crippen LogP contribution in [0.3, 0.4) is 0 Å². The smallest absolute Gasteiger partial charge is 0.326 e. The number of carbonyl (C=O) groups excluding carboxylic acids is 5. The van der Waals surface area contributed by atoms with Gasteiger partial charge in [-0.1, -0.05) is 41.5 Å². The van der Waals surface area contributed by atoms with E-state index in [2.05, 4.69) is 31.2 Å². The molecule has 0 aliphatic rings. The lowest BCUT2D eigenvalue weighted by molar-refractivity contribution is -0.143. The lowest BCUT2D eigenvalue weighted by Crippen LogP contribution is -2.59. The van der Waals surface area contributed by atoms with Crippen LogP contribution in [0.25, 0.3) is 0 Å². The fourth-order valence-electron chi connectivity index (χ4n) is 4.34. The summed E-state index contributed by atoms with van der Waals surface area (Å²) in [5, 5.41) is 19.7. The highest BCUT2D eigenvalue weighted by molar-refractivity contribution is 5.97. The van der Waals surface area contributed by atoms with Crippen LogP contribution in [-0.4, -0.2) is 80.8 Å². The van der Waals surface area contributed by atoms with Crippen molar-refractivity contribution in [2.24, 2.45) is 29.2 Å². The number of carbonyl (C=O) groups is 6. The Kier molecular flexibility index (Phi) is 15.4. The van der Waals surface area contributed by atoms with E-state index in [0.717, 1.165) is 0 Å². The molecule has 15 nitrogen and oxygen atoms in total. The molecule has 10 N–H and O–H groups in total. The number of H-pyrrole nitrogens is 1. The van der Waals surface area contributed by atoms with E-state index >= 15 is 0 Å². The highest BCUT2D eigenvalue weighted by Crippen LogP contribution is 2.10. The summed E-state index contributed by atoms with van der Waals surface area (Å²) in [7, 11) is 0. The number of nitrogens with two attached hydrogens (primary N) is 2. The van der Waals surface area contributed by atoms with Crippen LogP contribution < -0.4 is 32.7 Å². The van der Waals surface area contributed by atoms with E-state index in [-0.39, 0.29) is 37.0 Å². The molecule has 0 spiro atoms. The largest absolute Gasteiger partial charge is 0.480 e. The summed E-state index contributed by atoms with van der Waals surface area (Å²) >= 11 is 0. The summed E-state index contributed by atoms with van der Waals surface area (Å²) in [6, 6.07) is -5.90. The number of carboxylic acid groups (broad SMARTS) is 1. The maximum atomic E-state index is 13.5. The second-order valence-electron chi connectivity index (χ2n) is 12.0. The molecule has 1 rings (SSSR count). The molecule has 1 heterocycles. The van der Waals surface area contributed by atoms with Gasteiger partial charge in [0.2, 0.25) is 29.5 Å². The van der Waals surface area contributed by atoms with Gasteiger partial charge in [-0.25, -0.2) is 9.78 Å². The van der Waals surface area contributed by atoms with Crippen molar-refractivity contribution < 1.29 is 33.9 Å². The van der Waals surface area contributed by atoms with Crippen LogP contribution in [0.15, 0.2) is 12.5 Å². The van der Waals surface area contributed by atoms with Crippen molar-refractivity contribution in [1.29, 1.82) is 0 Å². The third-order valence-electron chi connectivity index (χ3n) is 6.37. The zero-order valence-corrected chi connectivity index (χ0v) is 25.8. The van der Waals surface area contributed by atoms with E-state index in [9.17, 15) is 33.9 Å². The molecule has 0 aliphatic carbocycles. The van der Waals surface area contributed by atoms with Crippen LogP contribution in [0.4, 0.5) is 0 Å². The van der Waals surface area contributed by atoms with Crippen molar-refractivity contribution in [3.63, 3.8) is 0 Å². The molecule has 43 heavy (non-hydrogen) atoms. The van der Waals surface area contributed by atoms with Crippen molar-refractivity contribution in [3.05, 3.63) is 18.2 Å². The van der Waals surface area contributed by atoms with E-state index in [1.807, 2.05) is 41.5 Å². The van der Waals surface area contributed by atoms with Gasteiger partial charge in [0, 0.05) is 18.3 Å². The number of carboxylic acids is 1. The van der Waals surface area contributed by atoms with Crippen molar-refractivity contribution >= 4 is 35.5 Å². The molecule has 0 fully saturated rings. The number of nitrogens with zero attached hydrogens (tertiary/aromatic N) is 1. The first-order chi connectivity index (χ1) is 20.0. The Bertz CT molecular complexity index is 1090. The Hall–Kier alpha value is -4.01. The highest BCUT2D eigenvalue weighted by Gasteiger charge is 2.33. The van der Waals surface area contributed by atoms with Crippen molar-refractivity contribution in [2.45, 2.75) is 104 Å². The van der Waals surface area contributed by atoms with Crippen LogP contribution in [0.1, 0.15) is 72.9 Å². The van der Waals surface area contributed by atoms with E-state index in [4.69, 9.17) is 11.5 Å². The fourth-order valence-corrected chi connectivity index (χ4v) is 4.34. The number of aromatic amines is 1. The van der Waals surface area contributed by atoms with E-state index in [1.54, 1.807) is 0 Å². The molecular weight excluding hydrogens is 560 g/mol. The SMILES string of the molecule is CC(C)C[C@H](NC(=O)[C@H](CC(C)C)NC(=O)[C@H](Cc1cnc[nH]1)NC(=O)[C@H](CC(N)=O)NC(=O)[C@@H](N)CC(C)C)C(=O)O. The van der Waals surface area contributed by atoms with Crippen molar-refractivity contribution in [1.82, 2.24) is 31.2 Å². The van der Waals surface area contributed by atoms with Gasteiger partial charge in [0.05, 0.1) is 18.8 Å². The summed E-state index contributed by atoms with van der Waals surface area (Å²) < 4.78 is 0. The fraction of sp³-hybridized carbons (Fsp3) is 0.679. The number of nitrogens with one attached hydrogen (secondary N) is 5. The van der Waals surface area contributed by atoms with E-state index in [0.29, 0.717) is 12.1 Å². The van der Waals surface area contributed by atoms with Crippen LogP contribution in [-0.2, 0) is 35.2 Å². The number of primary amides is 1. The molecule has 0 aromatic carbocycles. The molecule has 5 amide bonds. The third-order valence-corrected chi connectivity index (χ3v) is 6.37. The summed E-state index contributed by atoms with van der Waals surface area (Å²) in [4.78, 5) is 82.8. The van der Waals surface area contributed by atoms with Gasteiger partial charge in [-0.05, 0) is 37.0 Å². The standard InChI is InChI=1S/C28H48N8O7/c1-14(2)7-18(29)24(38)33-21(11-23(30)37)27(41)35-20(10-17-12-31-13-32-17)26(40)34-19(8-15(3)4)25(39)36-22(28(42)43)9-16(5)6/h12-16,18-22H,7-11,29H2,1-6H3,(H2,30,37)(H,31,32)(H,33,38)(H,34,40)(H,35,41)(H,36,39)(H,42,43)/t18-,19-,20-,21-,22-/m0/s1. The predicted molar refractivity (Wildman–Crippen MR) is 158 cm³/mol. The predicted octanol–water partition coefficient (Wildman–Crippen LogP) is -0.683. The topological polar surface area (TPSA) is 251 Å². The molecule has 242 valence electrons. The summed E-state index contributed by atoms with van der Waals surface area (Å²) in [5.74, 6) is -4.99. The van der Waals surface area contributed by atoms with Gasteiger partial charge >= 0.3 is 5.97 Å². The van der Waals surface area contributed by atoms with E-state index in [1.165, 1.54) is 12.5 Å². The molecule has 1 aromatic rings. The van der Waals surface area contributed by atoms with Crippen LogP contribution in [0.2, 0.25) is 0 Å². The molecule has 15 heteroatoms. The Morgan fingerprint density at radius 2 is 1.21 bits per heavy atom. The quantitative estimate of drug-likeness (QED) is 0.0988. The number of aliphatic carboxylic acids is 1. The minimum Gasteiger partial charge on any atom is -0.480 e. The van der Waals surface area contributed by atoms with Gasteiger partial charge in [-0.2, -0.15) is 0 Å². The molecule has 0 saturated carbocycles. The number of hydrogen-bond donors (Lipinski definition) is 8. The maximum Gasteiger partial charge on any atom is 0.326 e. The second kappa shape index (κ2) is 17.8. The maximum absolute atomic E-state index is 13.5. The van der Waals surface area contributed by atoms with Crippen molar-refractivity contribution in [2.75, 3.05) is 0 Å². The van der Waals surface area contributed by atoms with Crippen LogP contribution in [0.5, 0.6) is 0 Å². The number of hydrogen-bond acceptors (Lipinski definition) is 8. The van der Waals surface area contributed by atoms with Gasteiger partial charge in [-0.15, -0.1) is 0 Å². The molecule has 0 saturated heterocycles. The summed E-state index contributed by atoms with van der Waals surface area (Å²) in [5.41, 5.74) is 11.7. The van der Waals surface area contributed by atoms with Crippen LogP contribution in [0, 0.1) is 17.8 Å². The third kappa shape index (κ3) is 14.1. The molecule has 5 atom stereocenters. The normalized spacial score (nSPS) is 14.8. The Morgan fingerprint density at radius 3 is 1.70 bits per heavy atom. The number of amides is 5. The van der Waals surface area contributed by atoms with Gasteiger partial charge in [0.25, 0.3) is 0 Å². The lowest BCUT2D eigenvalue weighted by atomic mass is 10.00. The Balaban J connectivity index is 3.22. The zero-order chi connectivity index (χ0) is 32.9. The lowest BCUT2D eigenvalue weighted by Gasteiger charge is -2.27. The minimum atomic E-state index is -1.41. The molecule has 0 aliphatic heterocycles. The van der Waals surface area contributed by atoms with Crippen molar-refractivity contribution in [3.8, 4) is 0 Å². The van der Waals surface area contributed by atoms with Gasteiger partial charge in [0.15, 0.2) is 0 Å². The first-order valence-corrected chi connectivity index (χ1v) is 14.4. The number of aromatic nitrogens is 2. The first-order valence-electron chi connectivity index (χ1n) is 14.4. The monoisotopic (exact) mass is 608 g/mol.